The molecular weight excluding hydrogens is 472 g/mol. The number of aromatic nitrogens is 2. The molecule has 0 aliphatic rings. The van der Waals surface area contributed by atoms with Crippen molar-refractivity contribution < 1.29 is 20.1 Å². The van der Waals surface area contributed by atoms with Crippen LogP contribution in [0.1, 0.15) is 0 Å². The fourth-order valence-electron chi connectivity index (χ4n) is 3.25. The Balaban J connectivity index is 0.00000146. The summed E-state index contributed by atoms with van der Waals surface area (Å²) in [6, 6.07) is 28.3. The van der Waals surface area contributed by atoms with Gasteiger partial charge < -0.3 is 4.40 Å². The minimum atomic E-state index is 0. The maximum absolute atomic E-state index is 4.89. The van der Waals surface area contributed by atoms with Crippen LogP contribution in [0.25, 0.3) is 38.6 Å². The Bertz CT molecular complexity index is 1090. The summed E-state index contributed by atoms with van der Waals surface area (Å²) in [4.78, 5) is 4.89. The first-order valence-electron chi connectivity index (χ1n) is 7.67. The Kier molecular flexibility index (Phi) is 3.68. The molecule has 0 amide bonds. The normalized spacial score (nSPS) is 11.0. The molecule has 5 rings (SSSR count). The summed E-state index contributed by atoms with van der Waals surface area (Å²) >= 11 is 0. The van der Waals surface area contributed by atoms with Gasteiger partial charge in [0.15, 0.2) is 0 Å². The molecule has 0 aliphatic heterocycles. The summed E-state index contributed by atoms with van der Waals surface area (Å²) in [5.74, 6) is 0. The molecular formula is C21H13IrN2-. The van der Waals surface area contributed by atoms with E-state index in [-0.39, 0.29) is 20.1 Å². The zero-order valence-corrected chi connectivity index (χ0v) is 15.1. The average Bonchev–Trinajstić information content (AvgIpc) is 3.09. The van der Waals surface area contributed by atoms with Crippen LogP contribution in [-0.4, -0.2) is 9.38 Å². The van der Waals surface area contributed by atoms with Crippen LogP contribution in [0, 0.1) is 6.07 Å². The number of pyridine rings is 1. The van der Waals surface area contributed by atoms with Crippen LogP contribution in [0.4, 0.5) is 0 Å². The molecule has 5 aromatic rings. The van der Waals surface area contributed by atoms with E-state index in [0.717, 1.165) is 22.3 Å². The number of imidazole rings is 1. The van der Waals surface area contributed by atoms with Crippen molar-refractivity contribution >= 4 is 27.3 Å². The summed E-state index contributed by atoms with van der Waals surface area (Å²) in [6.45, 7) is 0. The third-order valence-corrected chi connectivity index (χ3v) is 4.31. The van der Waals surface area contributed by atoms with E-state index in [1.54, 1.807) is 0 Å². The van der Waals surface area contributed by atoms with Crippen LogP contribution in [0.2, 0.25) is 0 Å². The SMILES string of the molecule is [Ir].[c-]1cccc2c1c1nc(-c3ccccc3)cn1c1ccccc21. The Hall–Kier alpha value is -2.48. The van der Waals surface area contributed by atoms with E-state index in [1.807, 2.05) is 30.3 Å². The molecule has 3 heteroatoms. The number of hydrogen-bond donors (Lipinski definition) is 0. The monoisotopic (exact) mass is 486 g/mol. The first-order valence-corrected chi connectivity index (χ1v) is 7.67. The van der Waals surface area contributed by atoms with E-state index in [2.05, 4.69) is 59.1 Å². The van der Waals surface area contributed by atoms with Crippen molar-refractivity contribution in [2.75, 3.05) is 0 Å². The fraction of sp³-hybridized carbons (Fsp3) is 0. The standard InChI is InChI=1S/C21H13N2.Ir/c1-2-8-15(9-3-1)19-14-23-20-13-7-6-11-17(20)16-10-4-5-12-18(16)21(23)22-19;/h1-11,13-14H;/q-1;. The van der Waals surface area contributed by atoms with Gasteiger partial charge in [0.05, 0.1) is 11.3 Å². The van der Waals surface area contributed by atoms with Gasteiger partial charge in [0, 0.05) is 37.4 Å². The predicted molar refractivity (Wildman–Crippen MR) is 94.5 cm³/mol. The molecule has 0 atom stereocenters. The molecule has 0 fully saturated rings. The molecule has 2 nitrogen and oxygen atoms in total. The van der Waals surface area contributed by atoms with E-state index in [1.165, 1.54) is 16.3 Å². The van der Waals surface area contributed by atoms with Gasteiger partial charge in [-0.1, -0.05) is 53.9 Å². The van der Waals surface area contributed by atoms with Crippen LogP contribution in [0.15, 0.2) is 79.0 Å². The van der Waals surface area contributed by atoms with Crippen LogP contribution in [-0.2, 0) is 20.1 Å². The van der Waals surface area contributed by atoms with Gasteiger partial charge in [0.25, 0.3) is 0 Å². The van der Waals surface area contributed by atoms with Crippen molar-refractivity contribution in [1.29, 1.82) is 0 Å². The molecule has 0 N–H and O–H groups in total. The molecule has 0 aliphatic carbocycles. The second kappa shape index (κ2) is 5.86. The molecule has 2 aromatic heterocycles. The minimum absolute atomic E-state index is 0. The van der Waals surface area contributed by atoms with E-state index in [4.69, 9.17) is 4.98 Å². The van der Waals surface area contributed by atoms with Crippen molar-refractivity contribution in [3.8, 4) is 11.3 Å². The second-order valence-corrected chi connectivity index (χ2v) is 5.66. The smallest absolute Gasteiger partial charge is 0.0771 e. The largest absolute Gasteiger partial charge is 0.339 e. The summed E-state index contributed by atoms with van der Waals surface area (Å²) in [5.41, 5.74) is 4.24. The Labute approximate surface area is 153 Å². The summed E-state index contributed by atoms with van der Waals surface area (Å²) in [6.07, 6.45) is 2.12. The van der Waals surface area contributed by atoms with Gasteiger partial charge in [-0.2, -0.15) is 0 Å². The van der Waals surface area contributed by atoms with Crippen LogP contribution < -0.4 is 0 Å². The summed E-state index contributed by atoms with van der Waals surface area (Å²) in [5, 5.41) is 3.48. The molecule has 0 saturated carbocycles. The summed E-state index contributed by atoms with van der Waals surface area (Å²) < 4.78 is 2.18. The van der Waals surface area contributed by atoms with Crippen LogP contribution in [0.5, 0.6) is 0 Å². The quantitative estimate of drug-likeness (QED) is 0.238. The van der Waals surface area contributed by atoms with Gasteiger partial charge in [-0.25, -0.2) is 0 Å². The number of rotatable bonds is 1. The van der Waals surface area contributed by atoms with Crippen molar-refractivity contribution in [3.63, 3.8) is 0 Å². The topological polar surface area (TPSA) is 17.3 Å². The molecule has 0 bridgehead atoms. The zero-order chi connectivity index (χ0) is 15.2. The van der Waals surface area contributed by atoms with Crippen molar-refractivity contribution in [2.24, 2.45) is 0 Å². The maximum Gasteiger partial charge on any atom is 0.0771 e. The third-order valence-electron chi connectivity index (χ3n) is 4.31. The molecule has 0 unspecified atom stereocenters. The van der Waals surface area contributed by atoms with Crippen molar-refractivity contribution in [2.45, 2.75) is 0 Å². The van der Waals surface area contributed by atoms with Gasteiger partial charge in [-0.15, -0.1) is 29.7 Å². The van der Waals surface area contributed by atoms with Gasteiger partial charge in [0.1, 0.15) is 0 Å². The maximum atomic E-state index is 4.89. The van der Waals surface area contributed by atoms with Gasteiger partial charge >= 0.3 is 0 Å². The fourth-order valence-corrected chi connectivity index (χ4v) is 3.25. The van der Waals surface area contributed by atoms with Crippen molar-refractivity contribution in [1.82, 2.24) is 9.38 Å². The molecule has 0 saturated heterocycles. The van der Waals surface area contributed by atoms with Gasteiger partial charge in [-0.3, -0.25) is 4.98 Å². The zero-order valence-electron chi connectivity index (χ0n) is 12.7. The second-order valence-electron chi connectivity index (χ2n) is 5.66. The summed E-state index contributed by atoms with van der Waals surface area (Å²) in [7, 11) is 0. The van der Waals surface area contributed by atoms with Gasteiger partial charge in [0.2, 0.25) is 0 Å². The Morgan fingerprint density at radius 3 is 2.42 bits per heavy atom. The van der Waals surface area contributed by atoms with E-state index in [0.29, 0.717) is 0 Å². The van der Waals surface area contributed by atoms with E-state index in [9.17, 15) is 0 Å². The van der Waals surface area contributed by atoms with Crippen molar-refractivity contribution in [3.05, 3.63) is 85.1 Å². The molecule has 24 heavy (non-hydrogen) atoms. The van der Waals surface area contributed by atoms with E-state index >= 15 is 0 Å². The molecule has 0 spiro atoms. The first-order chi connectivity index (χ1) is 11.4. The molecule has 2 heterocycles. The molecule has 117 valence electrons. The number of para-hydroxylation sites is 1. The Morgan fingerprint density at radius 1 is 0.792 bits per heavy atom. The van der Waals surface area contributed by atoms with Gasteiger partial charge in [-0.05, 0) is 11.5 Å². The van der Waals surface area contributed by atoms with Crippen LogP contribution in [0.3, 0.4) is 0 Å². The number of fused-ring (bicyclic) bond motifs is 6. The third kappa shape index (κ3) is 2.17. The number of hydrogen-bond acceptors (Lipinski definition) is 1. The van der Waals surface area contributed by atoms with Crippen LogP contribution >= 0.6 is 0 Å². The number of nitrogens with zero attached hydrogens (tertiary/aromatic N) is 2. The first kappa shape index (κ1) is 15.1. The average molecular weight is 486 g/mol. The molecule has 3 aromatic carbocycles. The predicted octanol–water partition coefficient (Wildman–Crippen LogP) is 5.11. The minimum Gasteiger partial charge on any atom is -0.339 e. The number of benzene rings is 3. The molecule has 1 radical (unpaired) electrons. The van der Waals surface area contributed by atoms with E-state index < -0.39 is 0 Å². The Morgan fingerprint density at radius 2 is 1.54 bits per heavy atom.